The topological polar surface area (TPSA) is 63.1 Å². The van der Waals surface area contributed by atoms with Crippen molar-refractivity contribution in [2.24, 2.45) is 4.99 Å². The molecular weight excluding hydrogens is 456 g/mol. The highest BCUT2D eigenvalue weighted by Gasteiger charge is 2.29. The zero-order valence-corrected chi connectivity index (χ0v) is 19.1. The highest BCUT2D eigenvalue weighted by atomic mass is 79.9. The molecule has 0 radical (unpaired) electrons. The molecule has 2 N–H and O–H groups in total. The van der Waals surface area contributed by atoms with E-state index in [1.807, 2.05) is 67.6 Å². The second-order valence-electron chi connectivity index (χ2n) is 7.31. The average Bonchev–Trinajstić information content (AvgIpc) is 2.81. The quantitative estimate of drug-likeness (QED) is 0.468. The first-order chi connectivity index (χ1) is 15.1. The molecule has 1 aliphatic rings. The second-order valence-corrected chi connectivity index (χ2v) is 8.22. The van der Waals surface area contributed by atoms with E-state index >= 15 is 0 Å². The van der Waals surface area contributed by atoms with Gasteiger partial charge >= 0.3 is 0 Å². The minimum absolute atomic E-state index is 0.129. The summed E-state index contributed by atoms with van der Waals surface area (Å²) in [6.45, 7) is 2.55. The number of ether oxygens (including phenoxy) is 2. The van der Waals surface area contributed by atoms with Crippen LogP contribution in [-0.4, -0.2) is 24.5 Å². The van der Waals surface area contributed by atoms with Gasteiger partial charge in [-0.15, -0.1) is 0 Å². The van der Waals surface area contributed by atoms with Gasteiger partial charge in [0.1, 0.15) is 23.4 Å². The maximum absolute atomic E-state index is 10.6. The number of halogens is 1. The Labute approximate surface area is 190 Å². The molecule has 3 aromatic carbocycles. The van der Waals surface area contributed by atoms with Crippen LogP contribution in [0.4, 0.5) is 0 Å². The smallest absolute Gasteiger partial charge is 0.129 e. The molecule has 3 aromatic rings. The lowest BCUT2D eigenvalue weighted by molar-refractivity contribution is 0.327. The number of aromatic hydroxyl groups is 1. The van der Waals surface area contributed by atoms with Gasteiger partial charge in [0.05, 0.1) is 13.7 Å². The predicted molar refractivity (Wildman–Crippen MR) is 126 cm³/mol. The van der Waals surface area contributed by atoms with Crippen molar-refractivity contribution in [3.05, 3.63) is 87.9 Å². The number of phenolic OH excluding ortho intramolecular Hbond substituents is 1. The van der Waals surface area contributed by atoms with Crippen molar-refractivity contribution in [1.82, 2.24) is 5.32 Å². The SMILES string of the molecule is CCOc1ccccc1C1N=C(c2cccc(OC)c2)CC(c2cc(Br)ccc2O)N1. The van der Waals surface area contributed by atoms with Gasteiger partial charge in [-0.3, -0.25) is 10.3 Å². The Morgan fingerprint density at radius 2 is 1.90 bits per heavy atom. The monoisotopic (exact) mass is 480 g/mol. The van der Waals surface area contributed by atoms with Crippen molar-refractivity contribution in [1.29, 1.82) is 0 Å². The molecule has 2 atom stereocenters. The summed E-state index contributed by atoms with van der Waals surface area (Å²) in [5.74, 6) is 1.84. The fraction of sp³-hybridized carbons (Fsp3) is 0.240. The van der Waals surface area contributed by atoms with Crippen LogP contribution in [0.25, 0.3) is 0 Å². The van der Waals surface area contributed by atoms with Gasteiger partial charge in [-0.2, -0.15) is 0 Å². The van der Waals surface area contributed by atoms with Gasteiger partial charge in [0.15, 0.2) is 0 Å². The van der Waals surface area contributed by atoms with E-state index in [0.717, 1.165) is 38.4 Å². The maximum Gasteiger partial charge on any atom is 0.129 e. The molecule has 31 heavy (non-hydrogen) atoms. The zero-order valence-electron chi connectivity index (χ0n) is 17.5. The summed E-state index contributed by atoms with van der Waals surface area (Å²) in [5, 5.41) is 14.2. The average molecular weight is 481 g/mol. The first-order valence-electron chi connectivity index (χ1n) is 10.3. The first-order valence-corrected chi connectivity index (χ1v) is 11.1. The Kier molecular flexibility index (Phi) is 6.59. The summed E-state index contributed by atoms with van der Waals surface area (Å²) in [7, 11) is 1.66. The van der Waals surface area contributed by atoms with Crippen LogP contribution < -0.4 is 14.8 Å². The van der Waals surface area contributed by atoms with Crippen LogP contribution in [0.5, 0.6) is 17.2 Å². The van der Waals surface area contributed by atoms with Gasteiger partial charge in [-0.1, -0.05) is 46.3 Å². The number of hydrogen-bond donors (Lipinski definition) is 2. The van der Waals surface area contributed by atoms with E-state index in [0.29, 0.717) is 13.0 Å². The van der Waals surface area contributed by atoms with Crippen LogP contribution in [0.2, 0.25) is 0 Å². The lowest BCUT2D eigenvalue weighted by atomic mass is 9.93. The summed E-state index contributed by atoms with van der Waals surface area (Å²) in [6, 6.07) is 21.2. The second kappa shape index (κ2) is 9.54. The summed E-state index contributed by atoms with van der Waals surface area (Å²) >= 11 is 3.53. The Morgan fingerprint density at radius 1 is 1.06 bits per heavy atom. The van der Waals surface area contributed by atoms with Crippen molar-refractivity contribution in [2.45, 2.75) is 25.6 Å². The molecule has 0 aromatic heterocycles. The van der Waals surface area contributed by atoms with Gasteiger partial charge in [-0.05, 0) is 48.9 Å². The number of para-hydroxylation sites is 1. The summed E-state index contributed by atoms with van der Waals surface area (Å²) in [5.41, 5.74) is 3.73. The molecule has 0 fully saturated rings. The molecule has 1 aliphatic heterocycles. The number of nitrogens with zero attached hydrogens (tertiary/aromatic N) is 1. The molecule has 0 saturated heterocycles. The third-order valence-electron chi connectivity index (χ3n) is 5.32. The number of methoxy groups -OCH3 is 1. The minimum atomic E-state index is -0.318. The molecule has 0 aliphatic carbocycles. The summed E-state index contributed by atoms with van der Waals surface area (Å²) in [4.78, 5) is 5.05. The van der Waals surface area contributed by atoms with Gasteiger partial charge in [0.2, 0.25) is 0 Å². The van der Waals surface area contributed by atoms with E-state index in [1.165, 1.54) is 0 Å². The fourth-order valence-electron chi connectivity index (χ4n) is 3.84. The summed E-state index contributed by atoms with van der Waals surface area (Å²) < 4.78 is 12.2. The van der Waals surface area contributed by atoms with E-state index in [9.17, 15) is 5.11 Å². The largest absolute Gasteiger partial charge is 0.508 e. The van der Waals surface area contributed by atoms with Gasteiger partial charge in [-0.25, -0.2) is 0 Å². The minimum Gasteiger partial charge on any atom is -0.508 e. The molecule has 0 amide bonds. The van der Waals surface area contributed by atoms with Crippen LogP contribution >= 0.6 is 15.9 Å². The number of benzene rings is 3. The molecule has 0 spiro atoms. The van der Waals surface area contributed by atoms with Crippen molar-refractivity contribution >= 4 is 21.6 Å². The molecule has 2 unspecified atom stereocenters. The highest BCUT2D eigenvalue weighted by molar-refractivity contribution is 9.10. The number of rotatable bonds is 6. The van der Waals surface area contributed by atoms with Crippen molar-refractivity contribution in [3.63, 3.8) is 0 Å². The first kappa shape index (κ1) is 21.4. The zero-order chi connectivity index (χ0) is 21.8. The molecule has 6 heteroatoms. The normalized spacial score (nSPS) is 18.4. The third kappa shape index (κ3) is 4.75. The molecule has 4 rings (SSSR count). The summed E-state index contributed by atoms with van der Waals surface area (Å²) in [6.07, 6.45) is 0.311. The van der Waals surface area contributed by atoms with E-state index in [-0.39, 0.29) is 18.0 Å². The van der Waals surface area contributed by atoms with E-state index in [4.69, 9.17) is 14.5 Å². The van der Waals surface area contributed by atoms with Gasteiger partial charge in [0.25, 0.3) is 0 Å². The Morgan fingerprint density at radius 3 is 2.71 bits per heavy atom. The Balaban J connectivity index is 1.80. The third-order valence-corrected chi connectivity index (χ3v) is 5.82. The fourth-order valence-corrected chi connectivity index (χ4v) is 4.22. The number of aliphatic imine (C=N–C) groups is 1. The van der Waals surface area contributed by atoms with Crippen LogP contribution in [0.1, 0.15) is 42.2 Å². The lowest BCUT2D eigenvalue weighted by Crippen LogP contribution is -2.33. The molecule has 5 nitrogen and oxygen atoms in total. The molecule has 0 bridgehead atoms. The lowest BCUT2D eigenvalue weighted by Gasteiger charge is -2.31. The predicted octanol–water partition coefficient (Wildman–Crippen LogP) is 5.78. The number of hydrogen-bond acceptors (Lipinski definition) is 5. The number of nitrogens with one attached hydrogen (secondary N) is 1. The van der Waals surface area contributed by atoms with Gasteiger partial charge < -0.3 is 14.6 Å². The standard InChI is InChI=1S/C25H25BrN2O3/c1-3-31-24-10-5-4-9-19(24)25-27-21(16-7-6-8-18(13-16)30-2)15-22(28-25)20-14-17(26)11-12-23(20)29/h4-14,22,25,28-29H,3,15H2,1-2H3. The van der Waals surface area contributed by atoms with Crippen LogP contribution in [0, 0.1) is 0 Å². The van der Waals surface area contributed by atoms with Crippen LogP contribution in [0.3, 0.4) is 0 Å². The van der Waals surface area contributed by atoms with Crippen molar-refractivity contribution in [2.75, 3.05) is 13.7 Å². The van der Waals surface area contributed by atoms with E-state index < -0.39 is 0 Å². The maximum atomic E-state index is 10.6. The van der Waals surface area contributed by atoms with Crippen molar-refractivity contribution < 1.29 is 14.6 Å². The van der Waals surface area contributed by atoms with Crippen LogP contribution in [-0.2, 0) is 0 Å². The molecule has 1 heterocycles. The van der Waals surface area contributed by atoms with Gasteiger partial charge in [0, 0.05) is 33.8 Å². The molecule has 160 valence electrons. The Bertz CT molecular complexity index is 1100. The van der Waals surface area contributed by atoms with Crippen LogP contribution in [0.15, 0.2) is 76.2 Å². The highest BCUT2D eigenvalue weighted by Crippen LogP contribution is 2.38. The Hall–Kier alpha value is -2.83. The molecular formula is C25H25BrN2O3. The molecule has 0 saturated carbocycles. The van der Waals surface area contributed by atoms with E-state index in [1.54, 1.807) is 13.2 Å². The van der Waals surface area contributed by atoms with E-state index in [2.05, 4.69) is 21.2 Å². The van der Waals surface area contributed by atoms with Crippen molar-refractivity contribution in [3.8, 4) is 17.2 Å². The number of phenols is 1.